The van der Waals surface area contributed by atoms with Crippen LogP contribution in [0.25, 0.3) is 0 Å². The molecule has 1 aromatic carbocycles. The highest BCUT2D eigenvalue weighted by molar-refractivity contribution is 5.34. The van der Waals surface area contributed by atoms with Crippen LogP contribution < -0.4 is 5.73 Å². The van der Waals surface area contributed by atoms with Crippen molar-refractivity contribution in [2.45, 2.75) is 26.3 Å². The van der Waals surface area contributed by atoms with Gasteiger partial charge in [-0.15, -0.1) is 0 Å². The molecule has 0 spiro atoms. The first kappa shape index (κ1) is 10.8. The summed E-state index contributed by atoms with van der Waals surface area (Å²) in [5, 5.41) is 10.4. The normalized spacial score (nSPS) is 12.7. The Balaban J connectivity index is 2.21. The molecule has 0 fully saturated rings. The van der Waals surface area contributed by atoms with Crippen LogP contribution >= 0.6 is 0 Å². The minimum absolute atomic E-state index is 0.0986. The molecule has 3 N–H and O–H groups in total. The van der Waals surface area contributed by atoms with Crippen LogP contribution in [0.1, 0.15) is 28.4 Å². The Morgan fingerprint density at radius 3 is 2.56 bits per heavy atom. The van der Waals surface area contributed by atoms with Crippen LogP contribution in [0.4, 0.5) is 0 Å². The number of aromatic amines is 1. The van der Waals surface area contributed by atoms with E-state index in [1.54, 1.807) is 6.20 Å². The summed E-state index contributed by atoms with van der Waals surface area (Å²) >= 11 is 0. The maximum atomic E-state index is 6.09. The standard InChI is InChI=1S/C12H16N4/c1-8-4-3-5-9(2)10(8)6-11(13)12-7-14-16-15-12/h3-5,7,11H,6,13H2,1-2H3,(H,14,15,16). The molecule has 84 valence electrons. The SMILES string of the molecule is Cc1cccc(C)c1CC(N)c1cn[nH]n1. The van der Waals surface area contributed by atoms with E-state index in [0.717, 1.165) is 12.1 Å². The summed E-state index contributed by atoms with van der Waals surface area (Å²) in [7, 11) is 0. The summed E-state index contributed by atoms with van der Waals surface area (Å²) in [5.41, 5.74) is 10.8. The van der Waals surface area contributed by atoms with Crippen molar-refractivity contribution in [2.75, 3.05) is 0 Å². The highest BCUT2D eigenvalue weighted by atomic mass is 15.3. The second-order valence-electron chi connectivity index (χ2n) is 4.08. The number of nitrogens with one attached hydrogen (secondary N) is 1. The summed E-state index contributed by atoms with van der Waals surface area (Å²) in [4.78, 5) is 0. The van der Waals surface area contributed by atoms with Crippen molar-refractivity contribution in [3.63, 3.8) is 0 Å². The molecule has 1 unspecified atom stereocenters. The fourth-order valence-electron chi connectivity index (χ4n) is 1.88. The summed E-state index contributed by atoms with van der Waals surface area (Å²) in [6.45, 7) is 4.22. The first-order valence-electron chi connectivity index (χ1n) is 5.35. The molecular formula is C12H16N4. The lowest BCUT2D eigenvalue weighted by Crippen LogP contribution is -2.15. The van der Waals surface area contributed by atoms with E-state index in [9.17, 15) is 0 Å². The third-order valence-corrected chi connectivity index (χ3v) is 2.88. The van der Waals surface area contributed by atoms with Gasteiger partial charge in [-0.25, -0.2) is 0 Å². The molecule has 0 radical (unpaired) electrons. The van der Waals surface area contributed by atoms with E-state index in [0.29, 0.717) is 0 Å². The Morgan fingerprint density at radius 1 is 1.31 bits per heavy atom. The second kappa shape index (κ2) is 4.45. The van der Waals surface area contributed by atoms with E-state index >= 15 is 0 Å². The minimum Gasteiger partial charge on any atom is -0.322 e. The number of nitrogens with zero attached hydrogens (tertiary/aromatic N) is 2. The van der Waals surface area contributed by atoms with Crippen molar-refractivity contribution in [2.24, 2.45) is 5.73 Å². The Labute approximate surface area is 94.9 Å². The predicted molar refractivity (Wildman–Crippen MR) is 62.9 cm³/mol. The molecule has 1 atom stereocenters. The first-order chi connectivity index (χ1) is 7.68. The molecule has 0 amide bonds. The molecule has 0 aliphatic rings. The molecule has 0 saturated heterocycles. The summed E-state index contributed by atoms with van der Waals surface area (Å²) < 4.78 is 0. The average molecular weight is 216 g/mol. The molecule has 2 rings (SSSR count). The third kappa shape index (κ3) is 2.12. The van der Waals surface area contributed by atoms with E-state index in [4.69, 9.17) is 5.73 Å². The average Bonchev–Trinajstić information content (AvgIpc) is 2.76. The van der Waals surface area contributed by atoms with E-state index in [1.807, 2.05) is 0 Å². The van der Waals surface area contributed by atoms with Crippen LogP contribution in [0.2, 0.25) is 0 Å². The number of hydrogen-bond acceptors (Lipinski definition) is 3. The van der Waals surface area contributed by atoms with E-state index < -0.39 is 0 Å². The number of aromatic nitrogens is 3. The van der Waals surface area contributed by atoms with Crippen LogP contribution in [-0.4, -0.2) is 15.4 Å². The smallest absolute Gasteiger partial charge is 0.0995 e. The van der Waals surface area contributed by atoms with Crippen molar-refractivity contribution >= 4 is 0 Å². The van der Waals surface area contributed by atoms with E-state index in [2.05, 4.69) is 47.5 Å². The zero-order valence-corrected chi connectivity index (χ0v) is 9.57. The van der Waals surface area contributed by atoms with Gasteiger partial charge in [0.1, 0.15) is 0 Å². The van der Waals surface area contributed by atoms with Gasteiger partial charge in [0.25, 0.3) is 0 Å². The maximum Gasteiger partial charge on any atom is 0.0995 e. The molecule has 16 heavy (non-hydrogen) atoms. The Hall–Kier alpha value is -1.68. The van der Waals surface area contributed by atoms with Crippen molar-refractivity contribution in [1.82, 2.24) is 15.4 Å². The van der Waals surface area contributed by atoms with Crippen LogP contribution in [0, 0.1) is 13.8 Å². The zero-order chi connectivity index (χ0) is 11.5. The highest BCUT2D eigenvalue weighted by Gasteiger charge is 2.12. The van der Waals surface area contributed by atoms with Gasteiger partial charge in [0.2, 0.25) is 0 Å². The Bertz CT molecular complexity index is 442. The van der Waals surface area contributed by atoms with Gasteiger partial charge in [-0.05, 0) is 37.0 Å². The monoisotopic (exact) mass is 216 g/mol. The molecule has 4 nitrogen and oxygen atoms in total. The lowest BCUT2D eigenvalue weighted by molar-refractivity contribution is 0.686. The van der Waals surface area contributed by atoms with Crippen molar-refractivity contribution in [3.8, 4) is 0 Å². The molecule has 4 heteroatoms. The number of nitrogens with two attached hydrogens (primary N) is 1. The zero-order valence-electron chi connectivity index (χ0n) is 9.57. The predicted octanol–water partition coefficient (Wildman–Crippen LogP) is 1.66. The Kier molecular flexibility index (Phi) is 3.01. The maximum absolute atomic E-state index is 6.09. The van der Waals surface area contributed by atoms with Gasteiger partial charge < -0.3 is 5.73 Å². The van der Waals surface area contributed by atoms with E-state index in [-0.39, 0.29) is 6.04 Å². The number of H-pyrrole nitrogens is 1. The minimum atomic E-state index is -0.0986. The number of hydrogen-bond donors (Lipinski definition) is 2. The van der Waals surface area contributed by atoms with Crippen molar-refractivity contribution in [3.05, 3.63) is 46.8 Å². The lowest BCUT2D eigenvalue weighted by Gasteiger charge is -2.13. The van der Waals surface area contributed by atoms with Crippen LogP contribution in [0.15, 0.2) is 24.4 Å². The first-order valence-corrected chi connectivity index (χ1v) is 5.35. The highest BCUT2D eigenvalue weighted by Crippen LogP contribution is 2.19. The van der Waals surface area contributed by atoms with Gasteiger partial charge in [0, 0.05) is 0 Å². The van der Waals surface area contributed by atoms with Gasteiger partial charge in [-0.1, -0.05) is 18.2 Å². The summed E-state index contributed by atoms with van der Waals surface area (Å²) in [5.74, 6) is 0. The fourth-order valence-corrected chi connectivity index (χ4v) is 1.88. The van der Waals surface area contributed by atoms with E-state index in [1.165, 1.54) is 16.7 Å². The van der Waals surface area contributed by atoms with Gasteiger partial charge in [0.05, 0.1) is 17.9 Å². The quantitative estimate of drug-likeness (QED) is 0.820. The van der Waals surface area contributed by atoms with Crippen molar-refractivity contribution in [1.29, 1.82) is 0 Å². The van der Waals surface area contributed by atoms with Gasteiger partial charge in [0.15, 0.2) is 0 Å². The molecule has 0 saturated carbocycles. The molecule has 1 aromatic heterocycles. The third-order valence-electron chi connectivity index (χ3n) is 2.88. The largest absolute Gasteiger partial charge is 0.322 e. The molecule has 1 heterocycles. The number of aryl methyl sites for hydroxylation is 2. The summed E-state index contributed by atoms with van der Waals surface area (Å²) in [6, 6.07) is 6.18. The summed E-state index contributed by atoms with van der Waals surface area (Å²) in [6.07, 6.45) is 2.48. The molecule has 0 bridgehead atoms. The second-order valence-corrected chi connectivity index (χ2v) is 4.08. The fraction of sp³-hybridized carbons (Fsp3) is 0.333. The number of benzene rings is 1. The van der Waals surface area contributed by atoms with Crippen LogP contribution in [-0.2, 0) is 6.42 Å². The number of rotatable bonds is 3. The van der Waals surface area contributed by atoms with Crippen LogP contribution in [0.3, 0.4) is 0 Å². The van der Waals surface area contributed by atoms with Crippen LogP contribution in [0.5, 0.6) is 0 Å². The van der Waals surface area contributed by atoms with Crippen molar-refractivity contribution < 1.29 is 0 Å². The molecular weight excluding hydrogens is 200 g/mol. The van der Waals surface area contributed by atoms with Gasteiger partial charge >= 0.3 is 0 Å². The van der Waals surface area contributed by atoms with Gasteiger partial charge in [-0.3, -0.25) is 0 Å². The Morgan fingerprint density at radius 2 is 2.00 bits per heavy atom. The molecule has 0 aliphatic heterocycles. The topological polar surface area (TPSA) is 67.6 Å². The van der Waals surface area contributed by atoms with Gasteiger partial charge in [-0.2, -0.15) is 15.4 Å². The molecule has 0 aliphatic carbocycles. The molecule has 2 aromatic rings. The lowest BCUT2D eigenvalue weighted by atomic mass is 9.96.